The first kappa shape index (κ1) is 15.0. The summed E-state index contributed by atoms with van der Waals surface area (Å²) in [6.45, 7) is 2.50. The molecule has 118 valence electrons. The van der Waals surface area contributed by atoms with Crippen molar-refractivity contribution in [2.24, 2.45) is 0 Å². The third kappa shape index (κ3) is 2.98. The summed E-state index contributed by atoms with van der Waals surface area (Å²) in [5.41, 5.74) is 3.52. The number of aliphatic hydroxyl groups is 1. The van der Waals surface area contributed by atoms with Crippen LogP contribution in [0.15, 0.2) is 24.3 Å². The molecule has 2 heterocycles. The summed E-state index contributed by atoms with van der Waals surface area (Å²) >= 11 is 0. The Hall–Kier alpha value is -1.92. The first-order valence-corrected chi connectivity index (χ1v) is 7.72. The number of aromatic nitrogens is 3. The minimum atomic E-state index is -0.134. The molecule has 0 aliphatic carbocycles. The van der Waals surface area contributed by atoms with Crippen LogP contribution in [0.25, 0.3) is 5.69 Å². The van der Waals surface area contributed by atoms with E-state index in [1.807, 2.05) is 12.1 Å². The summed E-state index contributed by atoms with van der Waals surface area (Å²) in [5.74, 6) is 0. The summed E-state index contributed by atoms with van der Waals surface area (Å²) in [4.78, 5) is 2.42. The summed E-state index contributed by atoms with van der Waals surface area (Å²) in [5, 5.41) is 17.5. The first-order valence-electron chi connectivity index (χ1n) is 7.72. The van der Waals surface area contributed by atoms with E-state index < -0.39 is 0 Å². The van der Waals surface area contributed by atoms with Crippen molar-refractivity contribution in [3.63, 3.8) is 0 Å². The Morgan fingerprint density at radius 1 is 1.09 bits per heavy atom. The van der Waals surface area contributed by atoms with Crippen LogP contribution in [0.4, 0.5) is 5.69 Å². The normalized spacial score (nSPS) is 15.3. The molecule has 0 unspecified atom stereocenters. The van der Waals surface area contributed by atoms with Gasteiger partial charge in [0.15, 0.2) is 0 Å². The van der Waals surface area contributed by atoms with E-state index >= 15 is 0 Å². The van der Waals surface area contributed by atoms with E-state index in [1.165, 1.54) is 24.9 Å². The highest BCUT2D eigenvalue weighted by Gasteiger charge is 2.15. The molecule has 0 amide bonds. The molecule has 6 heteroatoms. The lowest BCUT2D eigenvalue weighted by molar-refractivity contribution is 0.175. The lowest BCUT2D eigenvalue weighted by Gasteiger charge is -2.28. The van der Waals surface area contributed by atoms with Gasteiger partial charge in [0.25, 0.3) is 0 Å². The van der Waals surface area contributed by atoms with Gasteiger partial charge in [0.2, 0.25) is 0 Å². The second-order valence-electron chi connectivity index (χ2n) is 5.55. The molecule has 0 bridgehead atoms. The van der Waals surface area contributed by atoms with Gasteiger partial charge in [0, 0.05) is 25.9 Å². The lowest BCUT2D eigenvalue weighted by Crippen LogP contribution is -2.29. The summed E-state index contributed by atoms with van der Waals surface area (Å²) in [6.07, 6.45) is 3.86. The van der Waals surface area contributed by atoms with Crippen LogP contribution in [0.5, 0.6) is 0 Å². The zero-order valence-corrected chi connectivity index (χ0v) is 12.9. The number of methoxy groups -OCH3 is 1. The molecule has 1 N–H and O–H groups in total. The average molecular weight is 302 g/mol. The van der Waals surface area contributed by atoms with Crippen LogP contribution >= 0.6 is 0 Å². The smallest absolute Gasteiger partial charge is 0.114 e. The fourth-order valence-corrected chi connectivity index (χ4v) is 2.90. The maximum absolute atomic E-state index is 9.34. The van der Waals surface area contributed by atoms with Crippen molar-refractivity contribution in [1.82, 2.24) is 15.0 Å². The Bertz CT molecular complexity index is 603. The first-order chi connectivity index (χ1) is 10.8. The van der Waals surface area contributed by atoms with E-state index in [0.717, 1.165) is 24.5 Å². The Kier molecular flexibility index (Phi) is 4.70. The fourth-order valence-electron chi connectivity index (χ4n) is 2.90. The molecule has 0 saturated carbocycles. The standard InChI is InChI=1S/C16H22N4O2/c1-22-12-16-15(11-21)17-18-20(16)14-7-5-13(6-8-14)19-9-3-2-4-10-19/h5-8,21H,2-4,9-12H2,1H3. The number of ether oxygens (including phenoxy) is 1. The second-order valence-corrected chi connectivity index (χ2v) is 5.55. The quantitative estimate of drug-likeness (QED) is 0.914. The van der Waals surface area contributed by atoms with E-state index in [1.54, 1.807) is 11.8 Å². The SMILES string of the molecule is COCc1c(CO)nnn1-c1ccc(N2CCCCC2)cc1. The van der Waals surface area contributed by atoms with Gasteiger partial charge in [0.1, 0.15) is 5.69 Å². The largest absolute Gasteiger partial charge is 0.390 e. The molecule has 1 aromatic heterocycles. The van der Waals surface area contributed by atoms with Crippen molar-refractivity contribution in [2.45, 2.75) is 32.5 Å². The zero-order chi connectivity index (χ0) is 15.4. The van der Waals surface area contributed by atoms with E-state index in [-0.39, 0.29) is 6.61 Å². The van der Waals surface area contributed by atoms with Crippen LogP contribution in [0, 0.1) is 0 Å². The monoisotopic (exact) mass is 302 g/mol. The van der Waals surface area contributed by atoms with Crippen molar-refractivity contribution in [3.05, 3.63) is 35.7 Å². The third-order valence-electron chi connectivity index (χ3n) is 4.09. The van der Waals surface area contributed by atoms with E-state index in [2.05, 4.69) is 27.3 Å². The average Bonchev–Trinajstić information content (AvgIpc) is 2.99. The maximum Gasteiger partial charge on any atom is 0.114 e. The Labute approximate surface area is 130 Å². The van der Waals surface area contributed by atoms with Gasteiger partial charge in [-0.2, -0.15) is 0 Å². The predicted molar refractivity (Wildman–Crippen MR) is 84.1 cm³/mol. The fraction of sp³-hybridized carbons (Fsp3) is 0.500. The summed E-state index contributed by atoms with van der Waals surface area (Å²) in [6, 6.07) is 8.33. The van der Waals surface area contributed by atoms with Gasteiger partial charge in [0.05, 0.1) is 24.6 Å². The molecule has 0 atom stereocenters. The maximum atomic E-state index is 9.34. The Morgan fingerprint density at radius 2 is 1.77 bits per heavy atom. The van der Waals surface area contributed by atoms with Gasteiger partial charge >= 0.3 is 0 Å². The molecular weight excluding hydrogens is 280 g/mol. The molecule has 1 aliphatic heterocycles. The highest BCUT2D eigenvalue weighted by molar-refractivity contribution is 5.51. The van der Waals surface area contributed by atoms with Crippen LogP contribution in [0.1, 0.15) is 30.7 Å². The number of rotatable bonds is 5. The van der Waals surface area contributed by atoms with Crippen LogP contribution in [-0.4, -0.2) is 40.3 Å². The number of hydrogen-bond acceptors (Lipinski definition) is 5. The van der Waals surface area contributed by atoms with Gasteiger partial charge in [-0.25, -0.2) is 4.68 Å². The number of hydrogen-bond donors (Lipinski definition) is 1. The third-order valence-corrected chi connectivity index (χ3v) is 4.09. The molecule has 1 aliphatic rings. The molecule has 22 heavy (non-hydrogen) atoms. The Balaban J connectivity index is 1.84. The zero-order valence-electron chi connectivity index (χ0n) is 12.9. The number of benzene rings is 1. The number of nitrogens with zero attached hydrogens (tertiary/aromatic N) is 4. The van der Waals surface area contributed by atoms with E-state index in [4.69, 9.17) is 4.74 Å². The van der Waals surface area contributed by atoms with Gasteiger partial charge < -0.3 is 14.7 Å². The molecule has 6 nitrogen and oxygen atoms in total. The van der Waals surface area contributed by atoms with Crippen LogP contribution in [0.3, 0.4) is 0 Å². The highest BCUT2D eigenvalue weighted by Crippen LogP contribution is 2.22. The topological polar surface area (TPSA) is 63.4 Å². The molecule has 1 fully saturated rings. The van der Waals surface area contributed by atoms with Crippen molar-refractivity contribution >= 4 is 5.69 Å². The minimum absolute atomic E-state index is 0.134. The lowest BCUT2D eigenvalue weighted by atomic mass is 10.1. The van der Waals surface area contributed by atoms with Crippen LogP contribution < -0.4 is 4.90 Å². The summed E-state index contributed by atoms with van der Waals surface area (Å²) in [7, 11) is 1.62. The van der Waals surface area contributed by atoms with Crippen molar-refractivity contribution < 1.29 is 9.84 Å². The van der Waals surface area contributed by atoms with Crippen molar-refractivity contribution in [2.75, 3.05) is 25.1 Å². The molecule has 3 rings (SSSR count). The van der Waals surface area contributed by atoms with Crippen LogP contribution in [0.2, 0.25) is 0 Å². The molecule has 0 radical (unpaired) electrons. The summed E-state index contributed by atoms with van der Waals surface area (Å²) < 4.78 is 6.92. The highest BCUT2D eigenvalue weighted by atomic mass is 16.5. The van der Waals surface area contributed by atoms with Crippen LogP contribution in [-0.2, 0) is 18.0 Å². The number of aliphatic hydroxyl groups excluding tert-OH is 1. The minimum Gasteiger partial charge on any atom is -0.390 e. The van der Waals surface area contributed by atoms with Gasteiger partial charge in [-0.1, -0.05) is 5.21 Å². The van der Waals surface area contributed by atoms with E-state index in [9.17, 15) is 5.11 Å². The molecular formula is C16H22N4O2. The molecule has 1 aromatic carbocycles. The second kappa shape index (κ2) is 6.89. The molecule has 1 saturated heterocycles. The number of anilines is 1. The van der Waals surface area contributed by atoms with Gasteiger partial charge in [-0.05, 0) is 43.5 Å². The predicted octanol–water partition coefficient (Wildman–Crippen LogP) is 1.90. The van der Waals surface area contributed by atoms with Crippen molar-refractivity contribution in [3.8, 4) is 5.69 Å². The molecule has 0 spiro atoms. The number of piperidine rings is 1. The van der Waals surface area contributed by atoms with Gasteiger partial charge in [-0.3, -0.25) is 0 Å². The van der Waals surface area contributed by atoms with Crippen molar-refractivity contribution in [1.29, 1.82) is 0 Å². The van der Waals surface area contributed by atoms with Gasteiger partial charge in [-0.15, -0.1) is 5.10 Å². The molecule has 2 aromatic rings. The van der Waals surface area contributed by atoms with E-state index in [0.29, 0.717) is 12.3 Å². The Morgan fingerprint density at radius 3 is 2.41 bits per heavy atom.